The van der Waals surface area contributed by atoms with Crippen molar-refractivity contribution in [2.24, 2.45) is 5.41 Å². The third kappa shape index (κ3) is 7.30. The van der Waals surface area contributed by atoms with Crippen molar-refractivity contribution >= 4 is 30.0 Å². The lowest BCUT2D eigenvalue weighted by Gasteiger charge is -2.23. The molecule has 0 fully saturated rings. The van der Waals surface area contributed by atoms with Gasteiger partial charge in [0.1, 0.15) is 5.69 Å². The molecule has 1 aliphatic carbocycles. The van der Waals surface area contributed by atoms with Gasteiger partial charge in [0.05, 0.1) is 17.3 Å². The minimum atomic E-state index is -4.36. The predicted molar refractivity (Wildman–Crippen MR) is 95.9 cm³/mol. The van der Waals surface area contributed by atoms with Crippen LogP contribution in [0.25, 0.3) is 0 Å². The van der Waals surface area contributed by atoms with Crippen LogP contribution in [0.5, 0.6) is 0 Å². The Balaban J connectivity index is 0.000000483. The van der Waals surface area contributed by atoms with Gasteiger partial charge in [-0.3, -0.25) is 4.79 Å². The second-order valence-corrected chi connectivity index (χ2v) is 5.72. The topological polar surface area (TPSA) is 99.5 Å². The van der Waals surface area contributed by atoms with Crippen molar-refractivity contribution in [2.75, 3.05) is 11.9 Å². The quantitative estimate of drug-likeness (QED) is 0.696. The molecule has 1 atom stereocenters. The summed E-state index contributed by atoms with van der Waals surface area (Å²) in [5, 5.41) is 20.3. The number of rotatable bonds is 4. The van der Waals surface area contributed by atoms with E-state index in [-0.39, 0.29) is 24.4 Å². The molecule has 2 rings (SSSR count). The second kappa shape index (κ2) is 9.96. The standard InChI is InChI=1S/C9H10O4.C8H9F3N2.ClH/c1-9(8(12)13)4-2-3-6(5-9)7(10)11;1-2-12-6-3-4-7(13-5-6)8(9,10)11;/h2-4H,5H2,1H3,(H,10,11)(H,12,13);3-5,12H,2H2,1H3;1H. The Morgan fingerprint density at radius 3 is 2.33 bits per heavy atom. The Hall–Kier alpha value is -2.55. The van der Waals surface area contributed by atoms with Crippen LogP contribution in [0.1, 0.15) is 26.0 Å². The van der Waals surface area contributed by atoms with Crippen LogP contribution >= 0.6 is 12.4 Å². The van der Waals surface area contributed by atoms with Gasteiger partial charge < -0.3 is 15.5 Å². The van der Waals surface area contributed by atoms with E-state index in [9.17, 15) is 22.8 Å². The predicted octanol–water partition coefficient (Wildman–Crippen LogP) is 4.00. The molecule has 0 bridgehead atoms. The maximum Gasteiger partial charge on any atom is 0.433 e. The molecule has 27 heavy (non-hydrogen) atoms. The number of hydrogen-bond donors (Lipinski definition) is 3. The number of allylic oxidation sites excluding steroid dienone is 2. The van der Waals surface area contributed by atoms with Gasteiger partial charge in [-0.25, -0.2) is 9.78 Å². The molecule has 0 amide bonds. The number of halogens is 4. The fourth-order valence-corrected chi connectivity index (χ4v) is 2.05. The van der Waals surface area contributed by atoms with E-state index in [2.05, 4.69) is 10.3 Å². The number of carboxylic acids is 2. The van der Waals surface area contributed by atoms with E-state index in [4.69, 9.17) is 10.2 Å². The van der Waals surface area contributed by atoms with Gasteiger partial charge in [0.25, 0.3) is 0 Å². The Kier molecular flexibility index (Phi) is 9.02. The van der Waals surface area contributed by atoms with E-state index in [1.165, 1.54) is 37.4 Å². The average Bonchev–Trinajstić information content (AvgIpc) is 2.55. The van der Waals surface area contributed by atoms with Crippen LogP contribution in [0.15, 0.2) is 42.1 Å². The summed E-state index contributed by atoms with van der Waals surface area (Å²) in [6, 6.07) is 2.32. The number of carbonyl (C=O) groups is 2. The number of nitrogens with one attached hydrogen (secondary N) is 1. The number of carboxylic acid groups (broad SMARTS) is 2. The van der Waals surface area contributed by atoms with Crippen LogP contribution in [0.4, 0.5) is 18.9 Å². The Bertz CT molecular complexity index is 718. The summed E-state index contributed by atoms with van der Waals surface area (Å²) in [6.45, 7) is 4.02. The smallest absolute Gasteiger partial charge is 0.433 e. The van der Waals surface area contributed by atoms with Crippen LogP contribution in [-0.4, -0.2) is 33.7 Å². The minimum Gasteiger partial charge on any atom is -0.481 e. The number of nitrogens with zero attached hydrogens (tertiary/aromatic N) is 1. The van der Waals surface area contributed by atoms with Crippen molar-refractivity contribution in [1.29, 1.82) is 0 Å². The zero-order chi connectivity index (χ0) is 20.0. The molecule has 0 saturated heterocycles. The summed E-state index contributed by atoms with van der Waals surface area (Å²) >= 11 is 0. The molecule has 1 heterocycles. The molecule has 0 radical (unpaired) electrons. The highest BCUT2D eigenvalue weighted by Crippen LogP contribution is 2.31. The monoisotopic (exact) mass is 408 g/mol. The van der Waals surface area contributed by atoms with Gasteiger partial charge in [0, 0.05) is 12.1 Å². The fraction of sp³-hybridized carbons (Fsp3) is 0.353. The number of pyridine rings is 1. The lowest BCUT2D eigenvalue weighted by Crippen LogP contribution is -2.28. The highest BCUT2D eigenvalue weighted by Gasteiger charge is 2.34. The lowest BCUT2D eigenvalue weighted by molar-refractivity contribution is -0.145. The molecule has 0 spiro atoms. The molecule has 1 aromatic heterocycles. The zero-order valence-electron chi connectivity index (χ0n) is 14.6. The maximum absolute atomic E-state index is 12.0. The van der Waals surface area contributed by atoms with Crippen molar-refractivity contribution in [3.8, 4) is 0 Å². The summed E-state index contributed by atoms with van der Waals surface area (Å²) in [6.07, 6.45) is 1.25. The van der Waals surface area contributed by atoms with E-state index in [0.29, 0.717) is 12.2 Å². The molecule has 1 aromatic rings. The third-order valence-electron chi connectivity index (χ3n) is 3.52. The van der Waals surface area contributed by atoms with Crippen molar-refractivity contribution in [1.82, 2.24) is 4.98 Å². The van der Waals surface area contributed by atoms with Crippen molar-refractivity contribution in [2.45, 2.75) is 26.4 Å². The number of anilines is 1. The summed E-state index contributed by atoms with van der Waals surface area (Å²) in [5.74, 6) is -2.06. The normalized spacial score (nSPS) is 18.3. The maximum atomic E-state index is 12.0. The highest BCUT2D eigenvalue weighted by atomic mass is 35.5. The highest BCUT2D eigenvalue weighted by molar-refractivity contribution is 5.90. The molecule has 3 N–H and O–H groups in total. The van der Waals surface area contributed by atoms with E-state index in [1.54, 1.807) is 0 Å². The molecule has 1 unspecified atom stereocenters. The van der Waals surface area contributed by atoms with Gasteiger partial charge in [-0.1, -0.05) is 18.2 Å². The van der Waals surface area contributed by atoms with Crippen LogP contribution in [0.3, 0.4) is 0 Å². The first-order chi connectivity index (χ1) is 12.0. The number of hydrogen-bond acceptors (Lipinski definition) is 4. The molecule has 6 nitrogen and oxygen atoms in total. The zero-order valence-corrected chi connectivity index (χ0v) is 15.4. The summed E-state index contributed by atoms with van der Waals surface area (Å²) in [7, 11) is 0. The van der Waals surface area contributed by atoms with E-state index in [1.807, 2.05) is 6.92 Å². The van der Waals surface area contributed by atoms with E-state index >= 15 is 0 Å². The lowest BCUT2D eigenvalue weighted by atomic mass is 9.80. The fourth-order valence-electron chi connectivity index (χ4n) is 2.05. The molecule has 1 aliphatic rings. The largest absolute Gasteiger partial charge is 0.481 e. The first-order valence-corrected chi connectivity index (χ1v) is 7.62. The molecular formula is C17H20ClF3N2O4. The molecular weight excluding hydrogens is 389 g/mol. The molecule has 0 aromatic carbocycles. The van der Waals surface area contributed by atoms with Crippen molar-refractivity contribution in [3.05, 3.63) is 47.8 Å². The molecule has 0 saturated carbocycles. The van der Waals surface area contributed by atoms with Crippen LogP contribution in [0, 0.1) is 5.41 Å². The Morgan fingerprint density at radius 1 is 1.30 bits per heavy atom. The average molecular weight is 409 g/mol. The van der Waals surface area contributed by atoms with Gasteiger partial charge in [-0.2, -0.15) is 13.2 Å². The van der Waals surface area contributed by atoms with E-state index < -0.39 is 29.2 Å². The SMILES string of the molecule is CC1(C(=O)O)C=CC=C(C(=O)O)C1.CCNc1ccc(C(F)(F)F)nc1.Cl. The van der Waals surface area contributed by atoms with Gasteiger partial charge in [0.2, 0.25) is 0 Å². The number of aromatic nitrogens is 1. The van der Waals surface area contributed by atoms with Crippen molar-refractivity contribution in [3.63, 3.8) is 0 Å². The summed E-state index contributed by atoms with van der Waals surface area (Å²) in [4.78, 5) is 24.6. The summed E-state index contributed by atoms with van der Waals surface area (Å²) < 4.78 is 36.1. The third-order valence-corrected chi connectivity index (χ3v) is 3.52. The van der Waals surface area contributed by atoms with Crippen LogP contribution < -0.4 is 5.32 Å². The molecule has 10 heteroatoms. The molecule has 0 aliphatic heterocycles. The first-order valence-electron chi connectivity index (χ1n) is 7.62. The Morgan fingerprint density at radius 2 is 1.93 bits per heavy atom. The van der Waals surface area contributed by atoms with Gasteiger partial charge >= 0.3 is 18.1 Å². The van der Waals surface area contributed by atoms with Crippen molar-refractivity contribution < 1.29 is 33.0 Å². The number of alkyl halides is 3. The van der Waals surface area contributed by atoms with Gasteiger partial charge in [0.15, 0.2) is 0 Å². The molecule has 150 valence electrons. The minimum absolute atomic E-state index is 0. The Labute approximate surface area is 160 Å². The second-order valence-electron chi connectivity index (χ2n) is 5.72. The van der Waals surface area contributed by atoms with Crippen LogP contribution in [0.2, 0.25) is 0 Å². The van der Waals surface area contributed by atoms with Gasteiger partial charge in [-0.05, 0) is 32.4 Å². The van der Waals surface area contributed by atoms with Gasteiger partial charge in [-0.15, -0.1) is 12.4 Å². The van der Waals surface area contributed by atoms with Crippen LogP contribution in [-0.2, 0) is 15.8 Å². The summed E-state index contributed by atoms with van der Waals surface area (Å²) in [5.41, 5.74) is -1.22. The first kappa shape index (κ1) is 24.5. The van der Waals surface area contributed by atoms with E-state index in [0.717, 1.165) is 6.07 Å². The number of aliphatic carboxylic acids is 2.